The van der Waals surface area contributed by atoms with Crippen molar-refractivity contribution in [2.75, 3.05) is 0 Å². The molecule has 2 aromatic rings. The summed E-state index contributed by atoms with van der Waals surface area (Å²) in [6.45, 7) is -0.739. The minimum absolute atomic E-state index is 0.0574. The molecule has 0 bridgehead atoms. The van der Waals surface area contributed by atoms with Gasteiger partial charge in [0.2, 0.25) is 0 Å². The summed E-state index contributed by atoms with van der Waals surface area (Å²) in [4.78, 5) is 0. The summed E-state index contributed by atoms with van der Waals surface area (Å²) in [7, 11) is 0. The monoisotopic (exact) mass is 317 g/mol. The lowest BCUT2D eigenvalue weighted by Gasteiger charge is -2.24. The Morgan fingerprint density at radius 1 is 1.00 bits per heavy atom. The number of rotatable bonds is 7. The van der Waals surface area contributed by atoms with Crippen LogP contribution in [0.5, 0.6) is 5.75 Å². The Kier molecular flexibility index (Phi) is 4.91. The van der Waals surface area contributed by atoms with Crippen LogP contribution < -0.4 is 10.1 Å². The third kappa shape index (κ3) is 4.29. The fourth-order valence-corrected chi connectivity index (χ4v) is 2.92. The van der Waals surface area contributed by atoms with E-state index in [4.69, 9.17) is 0 Å². The first kappa shape index (κ1) is 15.9. The average molecular weight is 317 g/mol. The predicted molar refractivity (Wildman–Crippen MR) is 86.5 cm³/mol. The zero-order chi connectivity index (χ0) is 16.2. The summed E-state index contributed by atoms with van der Waals surface area (Å²) < 4.78 is 29.2. The molecule has 0 spiro atoms. The van der Waals surface area contributed by atoms with E-state index in [-0.39, 0.29) is 11.8 Å². The maximum atomic E-state index is 12.4. The minimum atomic E-state index is -2.79. The van der Waals surface area contributed by atoms with Crippen LogP contribution in [-0.4, -0.2) is 6.61 Å². The lowest BCUT2D eigenvalue weighted by atomic mass is 9.99. The second kappa shape index (κ2) is 7.09. The first-order valence-electron chi connectivity index (χ1n) is 7.99. The molecule has 0 amide bonds. The fourth-order valence-electron chi connectivity index (χ4n) is 2.92. The third-order valence-corrected chi connectivity index (χ3v) is 4.26. The normalized spacial score (nSPS) is 17.0. The first-order valence-corrected chi connectivity index (χ1v) is 7.99. The van der Waals surface area contributed by atoms with Crippen molar-refractivity contribution in [3.63, 3.8) is 0 Å². The Morgan fingerprint density at radius 3 is 2.35 bits per heavy atom. The number of hydrogen-bond donors (Lipinski definition) is 1. The van der Waals surface area contributed by atoms with Crippen LogP contribution in [0.25, 0.3) is 0 Å². The summed E-state index contributed by atoms with van der Waals surface area (Å²) in [6, 6.07) is 17.7. The van der Waals surface area contributed by atoms with Crippen molar-refractivity contribution in [2.45, 2.75) is 38.5 Å². The van der Waals surface area contributed by atoms with E-state index in [0.717, 1.165) is 5.56 Å². The molecule has 1 fully saturated rings. The van der Waals surface area contributed by atoms with Gasteiger partial charge in [-0.25, -0.2) is 0 Å². The lowest BCUT2D eigenvalue weighted by molar-refractivity contribution is -0.0499. The van der Waals surface area contributed by atoms with E-state index in [1.165, 1.54) is 18.4 Å². The molecule has 1 N–H and O–H groups in total. The maximum absolute atomic E-state index is 12.4. The fraction of sp³-hybridized carbons (Fsp3) is 0.368. The van der Waals surface area contributed by atoms with Crippen LogP contribution in [0.15, 0.2) is 54.6 Å². The molecule has 4 heteroatoms. The molecule has 0 saturated heterocycles. The Morgan fingerprint density at radius 2 is 1.70 bits per heavy atom. The van der Waals surface area contributed by atoms with Gasteiger partial charge in [-0.1, -0.05) is 42.5 Å². The Labute approximate surface area is 135 Å². The van der Waals surface area contributed by atoms with Crippen LogP contribution >= 0.6 is 0 Å². The second-order valence-corrected chi connectivity index (χ2v) is 6.07. The highest BCUT2D eigenvalue weighted by atomic mass is 19.3. The number of ether oxygens (including phenoxy) is 1. The second-order valence-electron chi connectivity index (χ2n) is 6.07. The van der Waals surface area contributed by atoms with Crippen LogP contribution in [0.1, 0.15) is 43.0 Å². The number of halogens is 2. The molecular weight excluding hydrogens is 296 g/mol. The summed E-state index contributed by atoms with van der Waals surface area (Å²) in [5.74, 6) is 0.856. The first-order chi connectivity index (χ1) is 11.1. The molecule has 0 radical (unpaired) electrons. The van der Waals surface area contributed by atoms with Gasteiger partial charge >= 0.3 is 6.61 Å². The Bertz CT molecular complexity index is 628. The van der Waals surface area contributed by atoms with Gasteiger partial charge in [-0.2, -0.15) is 8.78 Å². The average Bonchev–Trinajstić information content (AvgIpc) is 3.37. The van der Waals surface area contributed by atoms with Crippen molar-refractivity contribution < 1.29 is 13.5 Å². The van der Waals surface area contributed by atoms with Gasteiger partial charge in [0.1, 0.15) is 5.75 Å². The smallest absolute Gasteiger partial charge is 0.387 e. The molecule has 23 heavy (non-hydrogen) atoms. The highest BCUT2D eigenvalue weighted by Crippen LogP contribution is 2.42. The largest absolute Gasteiger partial charge is 0.435 e. The van der Waals surface area contributed by atoms with Gasteiger partial charge in [-0.3, -0.25) is 0 Å². The zero-order valence-corrected chi connectivity index (χ0v) is 13.1. The van der Waals surface area contributed by atoms with Gasteiger partial charge in [0, 0.05) is 12.1 Å². The van der Waals surface area contributed by atoms with Crippen LogP contribution in [0.4, 0.5) is 8.78 Å². The quantitative estimate of drug-likeness (QED) is 0.768. The summed E-state index contributed by atoms with van der Waals surface area (Å²) in [6.07, 6.45) is 2.46. The molecule has 2 atom stereocenters. The van der Waals surface area contributed by atoms with Gasteiger partial charge in [0.25, 0.3) is 0 Å². The van der Waals surface area contributed by atoms with Crippen molar-refractivity contribution >= 4 is 0 Å². The van der Waals surface area contributed by atoms with Crippen molar-refractivity contribution in [1.29, 1.82) is 0 Å². The van der Waals surface area contributed by atoms with Crippen molar-refractivity contribution in [3.05, 3.63) is 65.7 Å². The van der Waals surface area contributed by atoms with Crippen LogP contribution in [0.3, 0.4) is 0 Å². The van der Waals surface area contributed by atoms with E-state index in [0.29, 0.717) is 12.0 Å². The van der Waals surface area contributed by atoms with E-state index < -0.39 is 6.61 Å². The van der Waals surface area contributed by atoms with Gasteiger partial charge in [0.05, 0.1) is 0 Å². The Hall–Kier alpha value is -1.94. The SMILES string of the molecule is CC(NC(c1ccccc1)C1CC1)c1cccc(OC(F)F)c1. The van der Waals surface area contributed by atoms with Crippen LogP contribution in [0.2, 0.25) is 0 Å². The third-order valence-electron chi connectivity index (χ3n) is 4.26. The van der Waals surface area contributed by atoms with E-state index in [9.17, 15) is 8.78 Å². The molecule has 0 aromatic heterocycles. The number of benzene rings is 2. The molecule has 1 aliphatic carbocycles. The van der Waals surface area contributed by atoms with Crippen molar-refractivity contribution in [2.24, 2.45) is 5.92 Å². The molecule has 0 aliphatic heterocycles. The zero-order valence-electron chi connectivity index (χ0n) is 13.1. The van der Waals surface area contributed by atoms with Crippen molar-refractivity contribution in [3.8, 4) is 5.75 Å². The molecule has 122 valence electrons. The lowest BCUT2D eigenvalue weighted by Crippen LogP contribution is -2.26. The van der Waals surface area contributed by atoms with Gasteiger partial charge < -0.3 is 10.1 Å². The number of alkyl halides is 2. The van der Waals surface area contributed by atoms with Crippen LogP contribution in [-0.2, 0) is 0 Å². The van der Waals surface area contributed by atoms with Gasteiger partial charge in [-0.15, -0.1) is 0 Å². The minimum Gasteiger partial charge on any atom is -0.435 e. The van der Waals surface area contributed by atoms with E-state index in [1.54, 1.807) is 18.2 Å². The summed E-state index contributed by atoms with van der Waals surface area (Å²) in [5, 5.41) is 3.65. The predicted octanol–water partition coefficient (Wildman–Crippen LogP) is 5.09. The van der Waals surface area contributed by atoms with Crippen molar-refractivity contribution in [1.82, 2.24) is 5.32 Å². The van der Waals surface area contributed by atoms with Crippen LogP contribution in [0, 0.1) is 5.92 Å². The maximum Gasteiger partial charge on any atom is 0.387 e. The Balaban J connectivity index is 1.73. The molecule has 3 rings (SSSR count). The van der Waals surface area contributed by atoms with E-state index >= 15 is 0 Å². The topological polar surface area (TPSA) is 21.3 Å². The molecule has 2 nitrogen and oxygen atoms in total. The highest BCUT2D eigenvalue weighted by molar-refractivity contribution is 5.31. The van der Waals surface area contributed by atoms with Gasteiger partial charge in [0.15, 0.2) is 0 Å². The van der Waals surface area contributed by atoms with E-state index in [2.05, 4.69) is 29.1 Å². The van der Waals surface area contributed by atoms with E-state index in [1.807, 2.05) is 24.3 Å². The molecule has 2 unspecified atom stereocenters. The molecule has 0 heterocycles. The summed E-state index contributed by atoms with van der Waals surface area (Å²) >= 11 is 0. The molecule has 1 saturated carbocycles. The molecule has 2 aromatic carbocycles. The number of nitrogens with one attached hydrogen (secondary N) is 1. The number of hydrogen-bond acceptors (Lipinski definition) is 2. The summed E-state index contributed by atoms with van der Waals surface area (Å²) in [5.41, 5.74) is 2.23. The molecular formula is C19H21F2NO. The standard InChI is InChI=1S/C19H21F2NO/c1-13(16-8-5-9-17(12-16)23-19(20)21)22-18(15-10-11-15)14-6-3-2-4-7-14/h2-9,12-13,15,18-19,22H,10-11H2,1H3. The highest BCUT2D eigenvalue weighted by Gasteiger charge is 2.33. The van der Waals surface area contributed by atoms with Gasteiger partial charge in [-0.05, 0) is 48.9 Å². The molecule has 1 aliphatic rings.